The summed E-state index contributed by atoms with van der Waals surface area (Å²) in [6.45, 7) is 1.63. The fraction of sp³-hybridized carbons (Fsp3) is 0.300. The number of Topliss-reactive ketones (excluding diaryl/α,β-unsaturated/α-hetero) is 1. The molecule has 0 saturated heterocycles. The van der Waals surface area contributed by atoms with Gasteiger partial charge in [-0.2, -0.15) is 0 Å². The molecule has 2 N–H and O–H groups in total. The molecule has 1 rings (SSSR count). The highest BCUT2D eigenvalue weighted by atomic mass is 35.5. The highest BCUT2D eigenvalue weighted by Crippen LogP contribution is 2.28. The van der Waals surface area contributed by atoms with Crippen LogP contribution >= 0.6 is 11.6 Å². The Balaban J connectivity index is 3.20. The predicted octanol–water partition coefficient (Wildman–Crippen LogP) is 1.88. The Morgan fingerprint density at radius 1 is 1.57 bits per heavy atom. The van der Waals surface area contributed by atoms with Crippen molar-refractivity contribution in [2.45, 2.75) is 13.0 Å². The van der Waals surface area contributed by atoms with Crippen LogP contribution in [-0.2, 0) is 0 Å². The molecule has 0 aliphatic heterocycles. The Morgan fingerprint density at radius 3 is 2.71 bits per heavy atom. The lowest BCUT2D eigenvalue weighted by Gasteiger charge is -2.10. The zero-order valence-electron chi connectivity index (χ0n) is 8.08. The van der Waals surface area contributed by atoms with Crippen LogP contribution in [0.1, 0.15) is 17.3 Å². The summed E-state index contributed by atoms with van der Waals surface area (Å²) in [6, 6.07) is 4.46. The van der Waals surface area contributed by atoms with Crippen LogP contribution in [0.2, 0.25) is 5.02 Å². The predicted molar refractivity (Wildman–Crippen MR) is 56.0 cm³/mol. The molecule has 0 heterocycles. The van der Waals surface area contributed by atoms with Crippen molar-refractivity contribution in [2.24, 2.45) is 5.73 Å². The summed E-state index contributed by atoms with van der Waals surface area (Å²) < 4.78 is 5.04. The van der Waals surface area contributed by atoms with Crippen LogP contribution in [0.15, 0.2) is 18.2 Å². The fourth-order valence-corrected chi connectivity index (χ4v) is 1.41. The summed E-state index contributed by atoms with van der Waals surface area (Å²) in [5, 5.41) is 0.416. The number of carbonyl (C=O) groups excluding carboxylic acids is 1. The van der Waals surface area contributed by atoms with Gasteiger partial charge in [0, 0.05) is 0 Å². The van der Waals surface area contributed by atoms with E-state index in [1.54, 1.807) is 25.1 Å². The maximum atomic E-state index is 11.6. The standard InChI is InChI=1S/C10H12ClNO2/c1-6(12)9(13)7-4-3-5-8(11)10(7)14-2/h3-6H,12H2,1-2H3. The molecule has 0 aliphatic rings. The molecule has 76 valence electrons. The van der Waals surface area contributed by atoms with Gasteiger partial charge in [-0.05, 0) is 19.1 Å². The smallest absolute Gasteiger partial charge is 0.182 e. The second-order valence-electron chi connectivity index (χ2n) is 2.97. The van der Waals surface area contributed by atoms with Gasteiger partial charge in [0.1, 0.15) is 5.75 Å². The van der Waals surface area contributed by atoms with Crippen LogP contribution in [0.5, 0.6) is 5.75 Å². The minimum absolute atomic E-state index is 0.177. The molecule has 1 atom stereocenters. The Bertz CT molecular complexity index is 350. The number of hydrogen-bond acceptors (Lipinski definition) is 3. The molecule has 4 heteroatoms. The first-order valence-corrected chi connectivity index (χ1v) is 4.58. The van der Waals surface area contributed by atoms with E-state index < -0.39 is 6.04 Å². The summed E-state index contributed by atoms with van der Waals surface area (Å²) in [6.07, 6.45) is 0. The number of carbonyl (C=O) groups is 1. The summed E-state index contributed by atoms with van der Waals surface area (Å²) in [4.78, 5) is 11.6. The van der Waals surface area contributed by atoms with Crippen LogP contribution in [0.25, 0.3) is 0 Å². The molecule has 3 nitrogen and oxygen atoms in total. The minimum Gasteiger partial charge on any atom is -0.494 e. The van der Waals surface area contributed by atoms with Gasteiger partial charge in [-0.1, -0.05) is 17.7 Å². The van der Waals surface area contributed by atoms with Crippen molar-refractivity contribution in [1.29, 1.82) is 0 Å². The van der Waals surface area contributed by atoms with Crippen LogP contribution in [0.3, 0.4) is 0 Å². The highest BCUT2D eigenvalue weighted by Gasteiger charge is 2.17. The van der Waals surface area contributed by atoms with Gasteiger partial charge in [0.2, 0.25) is 0 Å². The van der Waals surface area contributed by atoms with Crippen LogP contribution < -0.4 is 10.5 Å². The lowest BCUT2D eigenvalue weighted by Crippen LogP contribution is -2.27. The normalized spacial score (nSPS) is 12.3. The molecule has 0 aromatic heterocycles. The second kappa shape index (κ2) is 4.44. The minimum atomic E-state index is -0.553. The number of hydrogen-bond donors (Lipinski definition) is 1. The molecule has 0 spiro atoms. The average molecular weight is 214 g/mol. The number of rotatable bonds is 3. The van der Waals surface area contributed by atoms with Gasteiger partial charge in [-0.25, -0.2) is 0 Å². The summed E-state index contributed by atoms with van der Waals surface area (Å²) in [5.74, 6) is 0.209. The van der Waals surface area contributed by atoms with Crippen molar-refractivity contribution in [2.75, 3.05) is 7.11 Å². The van der Waals surface area contributed by atoms with Crippen molar-refractivity contribution < 1.29 is 9.53 Å². The van der Waals surface area contributed by atoms with E-state index in [-0.39, 0.29) is 5.78 Å². The van der Waals surface area contributed by atoms with E-state index in [0.29, 0.717) is 16.3 Å². The van der Waals surface area contributed by atoms with Crippen molar-refractivity contribution in [1.82, 2.24) is 0 Å². The number of para-hydroxylation sites is 1. The molecular formula is C10H12ClNO2. The van der Waals surface area contributed by atoms with Crippen LogP contribution in [0.4, 0.5) is 0 Å². The second-order valence-corrected chi connectivity index (χ2v) is 3.38. The van der Waals surface area contributed by atoms with E-state index in [9.17, 15) is 4.79 Å². The van der Waals surface area contributed by atoms with Gasteiger partial charge < -0.3 is 10.5 Å². The zero-order chi connectivity index (χ0) is 10.7. The lowest BCUT2D eigenvalue weighted by molar-refractivity contribution is 0.0965. The summed E-state index contributed by atoms with van der Waals surface area (Å²) >= 11 is 5.86. The van der Waals surface area contributed by atoms with E-state index >= 15 is 0 Å². The van der Waals surface area contributed by atoms with Crippen molar-refractivity contribution >= 4 is 17.4 Å². The third-order valence-electron chi connectivity index (χ3n) is 1.85. The molecule has 14 heavy (non-hydrogen) atoms. The van der Waals surface area contributed by atoms with Gasteiger partial charge >= 0.3 is 0 Å². The third-order valence-corrected chi connectivity index (χ3v) is 2.15. The Labute approximate surface area is 87.8 Å². The Hall–Kier alpha value is -1.06. The number of ketones is 1. The first-order chi connectivity index (χ1) is 6.57. The maximum Gasteiger partial charge on any atom is 0.182 e. The van der Waals surface area contributed by atoms with Gasteiger partial charge in [0.15, 0.2) is 5.78 Å². The molecule has 1 unspecified atom stereocenters. The van der Waals surface area contributed by atoms with Gasteiger partial charge in [0.25, 0.3) is 0 Å². The Morgan fingerprint density at radius 2 is 2.21 bits per heavy atom. The summed E-state index contributed by atoms with van der Waals surface area (Å²) in [5.41, 5.74) is 5.92. The zero-order valence-corrected chi connectivity index (χ0v) is 8.84. The number of benzene rings is 1. The first-order valence-electron chi connectivity index (χ1n) is 4.20. The van der Waals surface area contributed by atoms with Crippen molar-refractivity contribution in [3.63, 3.8) is 0 Å². The monoisotopic (exact) mass is 213 g/mol. The molecule has 0 aliphatic carbocycles. The van der Waals surface area contributed by atoms with E-state index in [2.05, 4.69) is 0 Å². The van der Waals surface area contributed by atoms with Crippen molar-refractivity contribution in [3.8, 4) is 5.75 Å². The van der Waals surface area contributed by atoms with E-state index in [0.717, 1.165) is 0 Å². The number of methoxy groups -OCH3 is 1. The number of halogens is 1. The Kier molecular flexibility index (Phi) is 3.49. The van der Waals surface area contributed by atoms with E-state index in [1.165, 1.54) is 7.11 Å². The quantitative estimate of drug-likeness (QED) is 0.780. The maximum absolute atomic E-state index is 11.6. The molecule has 0 radical (unpaired) electrons. The lowest BCUT2D eigenvalue weighted by atomic mass is 10.1. The van der Waals surface area contributed by atoms with Gasteiger partial charge in [-0.3, -0.25) is 4.79 Å². The SMILES string of the molecule is COc1c(Cl)cccc1C(=O)C(C)N. The molecule has 1 aromatic rings. The van der Waals surface area contributed by atoms with E-state index in [4.69, 9.17) is 22.1 Å². The molecule has 0 amide bonds. The first kappa shape index (κ1) is 11.0. The topological polar surface area (TPSA) is 52.3 Å². The molecule has 0 bridgehead atoms. The average Bonchev–Trinajstić information content (AvgIpc) is 2.16. The number of nitrogens with two attached hydrogens (primary N) is 1. The molecular weight excluding hydrogens is 202 g/mol. The van der Waals surface area contributed by atoms with Crippen LogP contribution in [0, 0.1) is 0 Å². The van der Waals surface area contributed by atoms with Gasteiger partial charge in [0.05, 0.1) is 23.7 Å². The summed E-state index contributed by atoms with van der Waals surface area (Å²) in [7, 11) is 1.47. The number of ether oxygens (including phenoxy) is 1. The molecule has 0 fully saturated rings. The van der Waals surface area contributed by atoms with Gasteiger partial charge in [-0.15, -0.1) is 0 Å². The molecule has 1 aromatic carbocycles. The van der Waals surface area contributed by atoms with E-state index in [1.807, 2.05) is 0 Å². The van der Waals surface area contributed by atoms with Crippen LogP contribution in [-0.4, -0.2) is 18.9 Å². The third kappa shape index (κ3) is 2.05. The van der Waals surface area contributed by atoms with Crippen molar-refractivity contribution in [3.05, 3.63) is 28.8 Å². The molecule has 0 saturated carbocycles. The largest absolute Gasteiger partial charge is 0.494 e. The highest BCUT2D eigenvalue weighted by molar-refractivity contribution is 6.32. The fourth-order valence-electron chi connectivity index (χ4n) is 1.16.